The molecule has 8 heteroatoms. The average Bonchev–Trinajstić information content (AvgIpc) is 2.29. The second-order valence-corrected chi connectivity index (χ2v) is 6.04. The van der Waals surface area contributed by atoms with Crippen LogP contribution in [0.2, 0.25) is 0 Å². The number of halogens is 1. The number of nitro groups is 1. The Hall–Kier alpha value is -0.740. The van der Waals surface area contributed by atoms with Crippen LogP contribution < -0.4 is 4.72 Å². The Kier molecular flexibility index (Phi) is 5.28. The van der Waals surface area contributed by atoms with E-state index in [0.29, 0.717) is 13.0 Å². The fourth-order valence-electron chi connectivity index (χ4n) is 1.12. The Balaban J connectivity index is 2.91. The summed E-state index contributed by atoms with van der Waals surface area (Å²) in [6.45, 7) is 0.327. The van der Waals surface area contributed by atoms with E-state index in [4.69, 9.17) is 0 Å². The van der Waals surface area contributed by atoms with Crippen LogP contribution in [-0.2, 0) is 10.0 Å². The molecule has 0 heterocycles. The molecule has 0 atom stereocenters. The van der Waals surface area contributed by atoms with Crippen LogP contribution in [0.25, 0.3) is 0 Å². The van der Waals surface area contributed by atoms with Crippen molar-refractivity contribution in [2.75, 3.05) is 11.0 Å². The second-order valence-electron chi connectivity index (χ2n) is 3.19. The number of hydrogen-bond donors (Lipinski definition) is 1. The van der Waals surface area contributed by atoms with E-state index in [0.717, 1.165) is 10.5 Å². The maximum absolute atomic E-state index is 11.7. The maximum Gasteiger partial charge on any atom is 0.270 e. The highest BCUT2D eigenvalue weighted by atomic mass is 127. The molecule has 0 aliphatic heterocycles. The Labute approximate surface area is 113 Å². The zero-order valence-electron chi connectivity index (χ0n) is 8.80. The number of hydrogen-bond acceptors (Lipinski definition) is 4. The van der Waals surface area contributed by atoms with Gasteiger partial charge < -0.3 is 0 Å². The van der Waals surface area contributed by atoms with Gasteiger partial charge in [0.1, 0.15) is 0 Å². The first-order valence-corrected chi connectivity index (χ1v) is 7.78. The average molecular weight is 370 g/mol. The first-order valence-electron chi connectivity index (χ1n) is 4.77. The number of sulfonamides is 1. The van der Waals surface area contributed by atoms with E-state index < -0.39 is 14.9 Å². The molecule has 0 bridgehead atoms. The molecule has 0 saturated heterocycles. The van der Waals surface area contributed by atoms with Gasteiger partial charge >= 0.3 is 0 Å². The molecule has 6 nitrogen and oxygen atoms in total. The van der Waals surface area contributed by atoms with Crippen molar-refractivity contribution in [2.45, 2.75) is 11.3 Å². The summed E-state index contributed by atoms with van der Waals surface area (Å²) in [7, 11) is -3.65. The molecule has 1 aromatic carbocycles. The monoisotopic (exact) mass is 370 g/mol. The van der Waals surface area contributed by atoms with Crippen LogP contribution in [0.5, 0.6) is 0 Å². The van der Waals surface area contributed by atoms with Crippen molar-refractivity contribution in [1.82, 2.24) is 4.72 Å². The molecule has 1 aromatic rings. The Morgan fingerprint density at radius 2 is 2.12 bits per heavy atom. The Morgan fingerprint density at radius 3 is 2.71 bits per heavy atom. The highest BCUT2D eigenvalue weighted by molar-refractivity contribution is 14.1. The number of non-ortho nitro benzene ring substituents is 1. The van der Waals surface area contributed by atoms with Crippen molar-refractivity contribution in [1.29, 1.82) is 0 Å². The van der Waals surface area contributed by atoms with Gasteiger partial charge in [-0.15, -0.1) is 0 Å². The zero-order valence-corrected chi connectivity index (χ0v) is 11.8. The fourth-order valence-corrected chi connectivity index (χ4v) is 2.62. The predicted molar refractivity (Wildman–Crippen MR) is 71.8 cm³/mol. The van der Waals surface area contributed by atoms with Gasteiger partial charge in [0, 0.05) is 23.1 Å². The lowest BCUT2D eigenvalue weighted by atomic mass is 10.3. The number of alkyl halides is 1. The van der Waals surface area contributed by atoms with Crippen molar-refractivity contribution in [3.8, 4) is 0 Å². The SMILES string of the molecule is O=[N+]([O-])c1cccc(S(=O)(=O)NCCCI)c1. The van der Waals surface area contributed by atoms with Crippen LogP contribution in [0, 0.1) is 10.1 Å². The highest BCUT2D eigenvalue weighted by Gasteiger charge is 2.16. The molecule has 0 aromatic heterocycles. The first kappa shape index (κ1) is 14.3. The van der Waals surface area contributed by atoms with Crippen molar-refractivity contribution < 1.29 is 13.3 Å². The van der Waals surface area contributed by atoms with Gasteiger partial charge in [-0.25, -0.2) is 13.1 Å². The predicted octanol–water partition coefficient (Wildman–Crippen LogP) is 1.70. The van der Waals surface area contributed by atoms with E-state index >= 15 is 0 Å². The molecule has 94 valence electrons. The lowest BCUT2D eigenvalue weighted by molar-refractivity contribution is -0.385. The summed E-state index contributed by atoms with van der Waals surface area (Å²) in [5.74, 6) is 0. The molecule has 17 heavy (non-hydrogen) atoms. The molecular formula is C9H11IN2O4S. The third kappa shape index (κ3) is 4.21. The third-order valence-electron chi connectivity index (χ3n) is 1.94. The van der Waals surface area contributed by atoms with Crippen molar-refractivity contribution in [3.63, 3.8) is 0 Å². The normalized spacial score (nSPS) is 11.4. The van der Waals surface area contributed by atoms with Gasteiger partial charge in [0.2, 0.25) is 10.0 Å². The number of nitrogens with one attached hydrogen (secondary N) is 1. The smallest absolute Gasteiger partial charge is 0.258 e. The van der Waals surface area contributed by atoms with Gasteiger partial charge in [-0.2, -0.15) is 0 Å². The molecule has 0 fully saturated rings. The van der Waals surface area contributed by atoms with Crippen LogP contribution in [0.4, 0.5) is 5.69 Å². The van der Waals surface area contributed by atoms with E-state index in [1.54, 1.807) is 0 Å². The van der Waals surface area contributed by atoms with Crippen molar-refractivity contribution in [3.05, 3.63) is 34.4 Å². The van der Waals surface area contributed by atoms with Crippen molar-refractivity contribution in [2.24, 2.45) is 0 Å². The highest BCUT2D eigenvalue weighted by Crippen LogP contribution is 2.16. The van der Waals surface area contributed by atoms with Crippen LogP contribution in [0.3, 0.4) is 0 Å². The number of rotatable bonds is 6. The fraction of sp³-hybridized carbons (Fsp3) is 0.333. The topological polar surface area (TPSA) is 89.3 Å². The second kappa shape index (κ2) is 6.26. The van der Waals surface area contributed by atoms with E-state index in [9.17, 15) is 18.5 Å². The quantitative estimate of drug-likeness (QED) is 0.271. The van der Waals surface area contributed by atoms with E-state index in [-0.39, 0.29) is 10.6 Å². The van der Waals surface area contributed by atoms with Gasteiger partial charge in [0.25, 0.3) is 5.69 Å². The summed E-state index contributed by atoms with van der Waals surface area (Å²) in [5, 5.41) is 10.5. The van der Waals surface area contributed by atoms with Gasteiger partial charge in [-0.1, -0.05) is 28.7 Å². The first-order chi connectivity index (χ1) is 7.97. The molecule has 0 aliphatic carbocycles. The molecule has 1 rings (SSSR count). The third-order valence-corrected chi connectivity index (χ3v) is 4.16. The molecule has 0 unspecified atom stereocenters. The molecular weight excluding hydrogens is 359 g/mol. The lowest BCUT2D eigenvalue weighted by Gasteiger charge is -2.05. The zero-order chi connectivity index (χ0) is 12.9. The Morgan fingerprint density at radius 1 is 1.41 bits per heavy atom. The van der Waals surface area contributed by atoms with Crippen LogP contribution in [0.15, 0.2) is 29.2 Å². The van der Waals surface area contributed by atoms with Crippen LogP contribution >= 0.6 is 22.6 Å². The minimum atomic E-state index is -3.65. The van der Waals surface area contributed by atoms with E-state index in [1.165, 1.54) is 18.2 Å². The summed E-state index contributed by atoms with van der Waals surface area (Å²) >= 11 is 2.14. The van der Waals surface area contributed by atoms with E-state index in [2.05, 4.69) is 27.3 Å². The molecule has 0 radical (unpaired) electrons. The summed E-state index contributed by atoms with van der Waals surface area (Å²) in [6, 6.07) is 4.99. The maximum atomic E-state index is 11.7. The summed E-state index contributed by atoms with van der Waals surface area (Å²) in [4.78, 5) is 9.83. The molecule has 1 N–H and O–H groups in total. The van der Waals surface area contributed by atoms with Crippen molar-refractivity contribution >= 4 is 38.3 Å². The van der Waals surface area contributed by atoms with Gasteiger partial charge in [-0.05, 0) is 12.5 Å². The molecule has 0 saturated carbocycles. The number of benzene rings is 1. The summed E-state index contributed by atoms with van der Waals surface area (Å²) < 4.78 is 26.7. The van der Waals surface area contributed by atoms with Gasteiger partial charge in [0.15, 0.2) is 0 Å². The lowest BCUT2D eigenvalue weighted by Crippen LogP contribution is -2.25. The minimum absolute atomic E-state index is 0.0832. The number of nitrogens with zero attached hydrogens (tertiary/aromatic N) is 1. The minimum Gasteiger partial charge on any atom is -0.258 e. The summed E-state index contributed by atoms with van der Waals surface area (Å²) in [6.07, 6.45) is 0.717. The standard InChI is InChI=1S/C9H11IN2O4S/c10-5-2-6-11-17(15,16)9-4-1-3-8(7-9)12(13)14/h1,3-4,7,11H,2,5-6H2. The summed E-state index contributed by atoms with van der Waals surface area (Å²) in [5.41, 5.74) is -0.234. The number of nitro benzene ring substituents is 1. The molecule has 0 spiro atoms. The van der Waals surface area contributed by atoms with E-state index in [1.807, 2.05) is 0 Å². The van der Waals surface area contributed by atoms with Crippen LogP contribution in [0.1, 0.15) is 6.42 Å². The largest absolute Gasteiger partial charge is 0.270 e. The van der Waals surface area contributed by atoms with Gasteiger partial charge in [0.05, 0.1) is 9.82 Å². The van der Waals surface area contributed by atoms with Gasteiger partial charge in [-0.3, -0.25) is 10.1 Å². The molecule has 0 amide bonds. The molecule has 0 aliphatic rings. The Bertz CT molecular complexity index is 503. The van der Waals surface area contributed by atoms with Crippen LogP contribution in [-0.4, -0.2) is 24.3 Å².